The second-order valence-electron chi connectivity index (χ2n) is 4.41. The Bertz CT molecular complexity index is 439. The Morgan fingerprint density at radius 2 is 2.29 bits per heavy atom. The van der Waals surface area contributed by atoms with E-state index in [4.69, 9.17) is 5.73 Å². The van der Waals surface area contributed by atoms with Gasteiger partial charge in [-0.05, 0) is 20.3 Å². The van der Waals surface area contributed by atoms with Crippen molar-refractivity contribution in [1.29, 1.82) is 0 Å². The maximum atomic E-state index is 11.8. The summed E-state index contributed by atoms with van der Waals surface area (Å²) >= 11 is 0. The number of nitrogen functional groups attached to an aromatic ring is 1. The van der Waals surface area contributed by atoms with Crippen LogP contribution in [0.15, 0.2) is 0 Å². The van der Waals surface area contributed by atoms with E-state index in [1.807, 2.05) is 20.9 Å². The number of amides is 1. The van der Waals surface area contributed by atoms with E-state index in [2.05, 4.69) is 10.4 Å². The first kappa shape index (κ1) is 11.8. The molecule has 17 heavy (non-hydrogen) atoms. The molecule has 3 N–H and O–H groups in total. The molecule has 1 aromatic rings. The summed E-state index contributed by atoms with van der Waals surface area (Å²) in [5, 5.41) is 7.53. The van der Waals surface area contributed by atoms with Gasteiger partial charge in [-0.15, -0.1) is 0 Å². The van der Waals surface area contributed by atoms with Crippen molar-refractivity contribution in [1.82, 2.24) is 14.7 Å². The number of hydrogen-bond donors (Lipinski definition) is 2. The van der Waals surface area contributed by atoms with Crippen molar-refractivity contribution >= 4 is 17.4 Å². The van der Waals surface area contributed by atoms with Crippen LogP contribution in [-0.2, 0) is 11.3 Å². The Kier molecular flexibility index (Phi) is 2.95. The fourth-order valence-corrected chi connectivity index (χ4v) is 2.10. The number of aryl methyl sites for hydroxylation is 2. The van der Waals surface area contributed by atoms with Crippen LogP contribution in [-0.4, -0.2) is 40.2 Å². The SMILES string of the molecule is CCn1nc(C)c(N)c1NC1CCN(C)C1=O. The fourth-order valence-electron chi connectivity index (χ4n) is 2.10. The molecule has 1 aliphatic heterocycles. The van der Waals surface area contributed by atoms with E-state index in [0.717, 1.165) is 31.0 Å². The van der Waals surface area contributed by atoms with Crippen LogP contribution < -0.4 is 11.1 Å². The zero-order valence-corrected chi connectivity index (χ0v) is 10.5. The molecule has 1 atom stereocenters. The lowest BCUT2D eigenvalue weighted by Crippen LogP contribution is -2.32. The van der Waals surface area contributed by atoms with Gasteiger partial charge in [0, 0.05) is 20.1 Å². The van der Waals surface area contributed by atoms with Gasteiger partial charge >= 0.3 is 0 Å². The third kappa shape index (κ3) is 1.94. The van der Waals surface area contributed by atoms with Crippen LogP contribution >= 0.6 is 0 Å². The summed E-state index contributed by atoms with van der Waals surface area (Å²) in [5.41, 5.74) is 7.40. The molecule has 1 unspecified atom stereocenters. The third-order valence-corrected chi connectivity index (χ3v) is 3.21. The average Bonchev–Trinajstić information content (AvgIpc) is 2.76. The van der Waals surface area contributed by atoms with Gasteiger partial charge < -0.3 is 16.0 Å². The number of nitrogens with one attached hydrogen (secondary N) is 1. The van der Waals surface area contributed by atoms with Crippen LogP contribution in [0.4, 0.5) is 11.5 Å². The predicted octanol–water partition coefficient (Wildman–Crippen LogP) is 0.436. The van der Waals surface area contributed by atoms with Gasteiger partial charge in [0.2, 0.25) is 5.91 Å². The van der Waals surface area contributed by atoms with Crippen LogP contribution in [0.5, 0.6) is 0 Å². The number of anilines is 2. The number of carbonyl (C=O) groups is 1. The highest BCUT2D eigenvalue weighted by molar-refractivity contribution is 5.87. The predicted molar refractivity (Wildman–Crippen MR) is 66.7 cm³/mol. The van der Waals surface area contributed by atoms with E-state index >= 15 is 0 Å². The van der Waals surface area contributed by atoms with E-state index in [1.165, 1.54) is 0 Å². The standard InChI is InChI=1S/C11H19N5O/c1-4-16-10(9(12)7(2)14-16)13-8-5-6-15(3)11(8)17/h8,13H,4-6,12H2,1-3H3. The van der Waals surface area contributed by atoms with E-state index in [1.54, 1.807) is 9.58 Å². The molecule has 0 radical (unpaired) electrons. The van der Waals surface area contributed by atoms with Gasteiger partial charge in [-0.3, -0.25) is 4.79 Å². The second-order valence-corrected chi connectivity index (χ2v) is 4.41. The van der Waals surface area contributed by atoms with E-state index in [9.17, 15) is 4.79 Å². The number of hydrogen-bond acceptors (Lipinski definition) is 4. The number of nitrogens with zero attached hydrogens (tertiary/aromatic N) is 3. The molecule has 2 rings (SSSR count). The van der Waals surface area contributed by atoms with Crippen LogP contribution in [0.1, 0.15) is 19.0 Å². The molecule has 0 aliphatic carbocycles. The van der Waals surface area contributed by atoms with Crippen molar-refractivity contribution in [2.24, 2.45) is 0 Å². The van der Waals surface area contributed by atoms with Gasteiger partial charge in [0.05, 0.1) is 11.4 Å². The summed E-state index contributed by atoms with van der Waals surface area (Å²) in [5.74, 6) is 0.879. The van der Waals surface area contributed by atoms with Gasteiger partial charge in [-0.2, -0.15) is 5.10 Å². The van der Waals surface area contributed by atoms with Crippen LogP contribution in [0, 0.1) is 6.92 Å². The Hall–Kier alpha value is -1.72. The van der Waals surface area contributed by atoms with Gasteiger partial charge in [-0.1, -0.05) is 0 Å². The minimum absolute atomic E-state index is 0.117. The molecule has 0 spiro atoms. The Morgan fingerprint density at radius 1 is 1.59 bits per heavy atom. The fraction of sp³-hybridized carbons (Fsp3) is 0.636. The van der Waals surface area contributed by atoms with Crippen molar-refractivity contribution < 1.29 is 4.79 Å². The number of carbonyl (C=O) groups excluding carboxylic acids is 1. The first-order chi connectivity index (χ1) is 8.04. The van der Waals surface area contributed by atoms with Crippen LogP contribution in [0.25, 0.3) is 0 Å². The first-order valence-electron chi connectivity index (χ1n) is 5.89. The lowest BCUT2D eigenvalue weighted by Gasteiger charge is -2.14. The van der Waals surface area contributed by atoms with Gasteiger partial charge in [0.25, 0.3) is 0 Å². The Morgan fingerprint density at radius 3 is 2.82 bits per heavy atom. The number of likely N-dealkylation sites (N-methyl/N-ethyl adjacent to an activating group) is 1. The quantitative estimate of drug-likeness (QED) is 0.799. The molecule has 1 amide bonds. The topological polar surface area (TPSA) is 76.2 Å². The molecule has 1 aromatic heterocycles. The van der Waals surface area contributed by atoms with Gasteiger partial charge in [-0.25, -0.2) is 4.68 Å². The van der Waals surface area contributed by atoms with E-state index < -0.39 is 0 Å². The zero-order valence-electron chi connectivity index (χ0n) is 10.5. The molecule has 94 valence electrons. The summed E-state index contributed by atoms with van der Waals surface area (Å²) in [6, 6.07) is -0.177. The number of aromatic nitrogens is 2. The third-order valence-electron chi connectivity index (χ3n) is 3.21. The van der Waals surface area contributed by atoms with E-state index in [-0.39, 0.29) is 11.9 Å². The molecule has 6 nitrogen and oxygen atoms in total. The maximum absolute atomic E-state index is 11.8. The van der Waals surface area contributed by atoms with Gasteiger partial charge in [0.15, 0.2) is 0 Å². The van der Waals surface area contributed by atoms with Crippen LogP contribution in [0.3, 0.4) is 0 Å². The van der Waals surface area contributed by atoms with Crippen molar-refractivity contribution in [2.75, 3.05) is 24.6 Å². The highest BCUT2D eigenvalue weighted by Crippen LogP contribution is 2.25. The molecule has 2 heterocycles. The van der Waals surface area contributed by atoms with Crippen molar-refractivity contribution in [3.63, 3.8) is 0 Å². The average molecular weight is 237 g/mol. The Balaban J connectivity index is 2.21. The number of rotatable bonds is 3. The Labute approximate surface area is 101 Å². The van der Waals surface area contributed by atoms with Crippen molar-refractivity contribution in [2.45, 2.75) is 32.9 Å². The number of nitrogens with two attached hydrogens (primary N) is 1. The lowest BCUT2D eigenvalue weighted by atomic mass is 10.2. The molecular weight excluding hydrogens is 218 g/mol. The summed E-state index contributed by atoms with van der Waals surface area (Å²) in [6.45, 7) is 5.39. The highest BCUT2D eigenvalue weighted by atomic mass is 16.2. The van der Waals surface area contributed by atoms with Crippen LogP contribution in [0.2, 0.25) is 0 Å². The first-order valence-corrected chi connectivity index (χ1v) is 5.89. The summed E-state index contributed by atoms with van der Waals surface area (Å²) in [7, 11) is 1.82. The molecule has 1 saturated heterocycles. The maximum Gasteiger partial charge on any atom is 0.244 e. The normalized spacial score (nSPS) is 20.1. The summed E-state index contributed by atoms with van der Waals surface area (Å²) in [4.78, 5) is 13.5. The molecule has 0 bridgehead atoms. The number of likely N-dealkylation sites (tertiary alicyclic amines) is 1. The van der Waals surface area contributed by atoms with Crippen molar-refractivity contribution in [3.8, 4) is 0 Å². The molecule has 0 aromatic carbocycles. The molecule has 0 saturated carbocycles. The zero-order chi connectivity index (χ0) is 12.6. The summed E-state index contributed by atoms with van der Waals surface area (Å²) < 4.78 is 1.80. The van der Waals surface area contributed by atoms with Gasteiger partial charge in [0.1, 0.15) is 11.9 Å². The monoisotopic (exact) mass is 237 g/mol. The van der Waals surface area contributed by atoms with Crippen molar-refractivity contribution in [3.05, 3.63) is 5.69 Å². The highest BCUT2D eigenvalue weighted by Gasteiger charge is 2.30. The summed E-state index contributed by atoms with van der Waals surface area (Å²) in [6.07, 6.45) is 0.808. The second kappa shape index (κ2) is 4.27. The lowest BCUT2D eigenvalue weighted by molar-refractivity contribution is -0.127. The molecule has 6 heteroatoms. The minimum Gasteiger partial charge on any atom is -0.394 e. The largest absolute Gasteiger partial charge is 0.394 e. The minimum atomic E-state index is -0.177. The smallest absolute Gasteiger partial charge is 0.244 e. The van der Waals surface area contributed by atoms with E-state index in [0.29, 0.717) is 5.69 Å². The molecular formula is C11H19N5O. The molecule has 1 aliphatic rings. The molecule has 1 fully saturated rings.